The van der Waals surface area contributed by atoms with E-state index in [9.17, 15) is 9.59 Å². The summed E-state index contributed by atoms with van der Waals surface area (Å²) in [5.41, 5.74) is 1.93. The molecule has 1 aromatic heterocycles. The van der Waals surface area contributed by atoms with Crippen molar-refractivity contribution in [1.82, 2.24) is 0 Å². The van der Waals surface area contributed by atoms with E-state index in [1.807, 2.05) is 36.4 Å². The van der Waals surface area contributed by atoms with Gasteiger partial charge in [-0.15, -0.1) is 0 Å². The van der Waals surface area contributed by atoms with Crippen LogP contribution in [-0.2, 0) is 0 Å². The van der Waals surface area contributed by atoms with Crippen molar-refractivity contribution in [3.63, 3.8) is 0 Å². The maximum atomic E-state index is 12.7. The topological polar surface area (TPSA) is 56.5 Å². The molecule has 0 bridgehead atoms. The van der Waals surface area contributed by atoms with E-state index in [1.54, 1.807) is 36.4 Å². The Balaban J connectivity index is 1.67. The number of hydrogen-bond acceptors (Lipinski definition) is 4. The smallest absolute Gasteiger partial charge is 0.343 e. The fourth-order valence-corrected chi connectivity index (χ4v) is 3.17. The molecular formula is C22H13BrO4. The third-order valence-corrected chi connectivity index (χ3v) is 4.59. The van der Waals surface area contributed by atoms with E-state index >= 15 is 0 Å². The standard InChI is InChI=1S/C22H13BrO4/c23-16-8-4-7-15(11-16)22(25)27-17-9-10-18-20(12-17)26-13-19(21(18)24)14-5-2-1-3-6-14/h1-13H. The van der Waals surface area contributed by atoms with Crippen molar-refractivity contribution in [2.24, 2.45) is 0 Å². The monoisotopic (exact) mass is 420 g/mol. The highest BCUT2D eigenvalue weighted by Crippen LogP contribution is 2.24. The number of benzene rings is 3. The summed E-state index contributed by atoms with van der Waals surface area (Å²) in [6, 6.07) is 21.0. The molecule has 0 amide bonds. The van der Waals surface area contributed by atoms with E-state index in [0.717, 1.165) is 10.0 Å². The minimum Gasteiger partial charge on any atom is -0.463 e. The Morgan fingerprint density at radius 3 is 2.52 bits per heavy atom. The van der Waals surface area contributed by atoms with E-state index < -0.39 is 5.97 Å². The Bertz CT molecular complexity index is 1200. The van der Waals surface area contributed by atoms with Crippen molar-refractivity contribution in [2.45, 2.75) is 0 Å². The molecule has 132 valence electrons. The molecule has 0 atom stereocenters. The largest absolute Gasteiger partial charge is 0.463 e. The van der Waals surface area contributed by atoms with E-state index in [2.05, 4.69) is 15.9 Å². The highest BCUT2D eigenvalue weighted by molar-refractivity contribution is 9.10. The van der Waals surface area contributed by atoms with Crippen LogP contribution < -0.4 is 10.2 Å². The molecule has 0 aliphatic rings. The highest BCUT2D eigenvalue weighted by Gasteiger charge is 2.13. The number of esters is 1. The third-order valence-electron chi connectivity index (χ3n) is 4.10. The third kappa shape index (κ3) is 3.55. The number of fused-ring (bicyclic) bond motifs is 1. The summed E-state index contributed by atoms with van der Waals surface area (Å²) in [5.74, 6) is -0.179. The Labute approximate surface area is 163 Å². The SMILES string of the molecule is O=C(Oc1ccc2c(=O)c(-c3ccccc3)coc2c1)c1cccc(Br)c1. The molecule has 1 heterocycles. The lowest BCUT2D eigenvalue weighted by atomic mass is 10.1. The first kappa shape index (κ1) is 17.2. The predicted molar refractivity (Wildman–Crippen MR) is 107 cm³/mol. The number of ether oxygens (including phenoxy) is 1. The lowest BCUT2D eigenvalue weighted by molar-refractivity contribution is 0.0735. The molecule has 0 unspecified atom stereocenters. The van der Waals surface area contributed by atoms with Gasteiger partial charge in [0.25, 0.3) is 0 Å². The van der Waals surface area contributed by atoms with Gasteiger partial charge in [-0.1, -0.05) is 52.3 Å². The Hall–Kier alpha value is -3.18. The molecule has 4 nitrogen and oxygen atoms in total. The van der Waals surface area contributed by atoms with Crippen molar-refractivity contribution in [1.29, 1.82) is 0 Å². The van der Waals surface area contributed by atoms with Crippen LogP contribution in [0, 0.1) is 0 Å². The second-order valence-corrected chi connectivity index (χ2v) is 6.82. The quantitative estimate of drug-likeness (QED) is 0.327. The van der Waals surface area contributed by atoms with Gasteiger partial charge < -0.3 is 9.15 Å². The highest BCUT2D eigenvalue weighted by atomic mass is 79.9. The molecule has 0 aliphatic heterocycles. The van der Waals surface area contributed by atoms with E-state index in [4.69, 9.17) is 9.15 Å². The van der Waals surface area contributed by atoms with Crippen LogP contribution in [0.15, 0.2) is 92.7 Å². The summed E-state index contributed by atoms with van der Waals surface area (Å²) in [5, 5.41) is 0.429. The molecule has 0 fully saturated rings. The molecule has 0 spiro atoms. The van der Waals surface area contributed by atoms with Gasteiger partial charge in [0.05, 0.1) is 16.5 Å². The summed E-state index contributed by atoms with van der Waals surface area (Å²) in [6.07, 6.45) is 1.43. The summed E-state index contributed by atoms with van der Waals surface area (Å²) >= 11 is 3.32. The van der Waals surface area contributed by atoms with Crippen molar-refractivity contribution >= 4 is 32.9 Å². The van der Waals surface area contributed by atoms with Gasteiger partial charge in [0, 0.05) is 10.5 Å². The van der Waals surface area contributed by atoms with Crippen LogP contribution in [0.5, 0.6) is 5.75 Å². The van der Waals surface area contributed by atoms with Gasteiger partial charge in [-0.05, 0) is 35.9 Å². The van der Waals surface area contributed by atoms with Gasteiger partial charge in [-0.3, -0.25) is 4.79 Å². The van der Waals surface area contributed by atoms with Gasteiger partial charge in [0.1, 0.15) is 17.6 Å². The molecule has 0 aliphatic carbocycles. The summed E-state index contributed by atoms with van der Waals surface area (Å²) in [4.78, 5) is 25.0. The minimum absolute atomic E-state index is 0.132. The zero-order chi connectivity index (χ0) is 18.8. The molecule has 4 aromatic rings. The zero-order valence-corrected chi connectivity index (χ0v) is 15.6. The predicted octanol–water partition coefficient (Wildman–Crippen LogP) is 5.44. The van der Waals surface area contributed by atoms with Crippen LogP contribution in [0.2, 0.25) is 0 Å². The Morgan fingerprint density at radius 1 is 0.926 bits per heavy atom. The minimum atomic E-state index is -0.487. The normalized spacial score (nSPS) is 10.7. The molecule has 3 aromatic carbocycles. The lowest BCUT2D eigenvalue weighted by Gasteiger charge is -2.07. The summed E-state index contributed by atoms with van der Waals surface area (Å²) in [7, 11) is 0. The zero-order valence-electron chi connectivity index (χ0n) is 14.0. The van der Waals surface area contributed by atoms with Crippen molar-refractivity contribution in [3.05, 3.63) is 99.3 Å². The van der Waals surface area contributed by atoms with E-state index in [1.165, 1.54) is 6.26 Å². The average molecular weight is 421 g/mol. The first-order chi connectivity index (χ1) is 13.1. The molecule has 0 saturated heterocycles. The summed E-state index contributed by atoms with van der Waals surface area (Å²) in [6.45, 7) is 0. The average Bonchev–Trinajstić information content (AvgIpc) is 2.69. The van der Waals surface area contributed by atoms with Gasteiger partial charge >= 0.3 is 5.97 Å². The van der Waals surface area contributed by atoms with Crippen LogP contribution in [0.4, 0.5) is 0 Å². The summed E-state index contributed by atoms with van der Waals surface area (Å²) < 4.78 is 11.8. The maximum absolute atomic E-state index is 12.7. The number of carbonyl (C=O) groups is 1. The molecule has 0 N–H and O–H groups in total. The second-order valence-electron chi connectivity index (χ2n) is 5.90. The van der Waals surface area contributed by atoms with Crippen molar-refractivity contribution < 1.29 is 13.9 Å². The molecular weight excluding hydrogens is 408 g/mol. The Morgan fingerprint density at radius 2 is 1.74 bits per heavy atom. The molecule has 27 heavy (non-hydrogen) atoms. The van der Waals surface area contributed by atoms with Crippen molar-refractivity contribution in [3.8, 4) is 16.9 Å². The van der Waals surface area contributed by atoms with Gasteiger partial charge in [-0.25, -0.2) is 4.79 Å². The number of halogens is 1. The first-order valence-electron chi connectivity index (χ1n) is 8.20. The molecule has 4 rings (SSSR count). The maximum Gasteiger partial charge on any atom is 0.343 e. The van der Waals surface area contributed by atoms with Gasteiger partial charge in [-0.2, -0.15) is 0 Å². The van der Waals surface area contributed by atoms with Crippen LogP contribution >= 0.6 is 15.9 Å². The lowest BCUT2D eigenvalue weighted by Crippen LogP contribution is -2.09. The molecule has 0 saturated carbocycles. The molecule has 5 heteroatoms. The number of rotatable bonds is 3. The molecule has 0 radical (unpaired) electrons. The van der Waals surface area contributed by atoms with Gasteiger partial charge in [0.15, 0.2) is 5.43 Å². The second kappa shape index (κ2) is 7.21. The number of hydrogen-bond donors (Lipinski definition) is 0. The van der Waals surface area contributed by atoms with Gasteiger partial charge in [0.2, 0.25) is 0 Å². The number of carbonyl (C=O) groups excluding carboxylic acids is 1. The van der Waals surface area contributed by atoms with E-state index in [0.29, 0.717) is 27.8 Å². The van der Waals surface area contributed by atoms with Crippen LogP contribution in [0.3, 0.4) is 0 Å². The van der Waals surface area contributed by atoms with Crippen LogP contribution in [0.1, 0.15) is 10.4 Å². The van der Waals surface area contributed by atoms with E-state index in [-0.39, 0.29) is 5.43 Å². The fraction of sp³-hybridized carbons (Fsp3) is 0. The van der Waals surface area contributed by atoms with Crippen LogP contribution in [-0.4, -0.2) is 5.97 Å². The van der Waals surface area contributed by atoms with Crippen LogP contribution in [0.25, 0.3) is 22.1 Å². The Kier molecular flexibility index (Phi) is 4.60. The van der Waals surface area contributed by atoms with Crippen molar-refractivity contribution in [2.75, 3.05) is 0 Å². The first-order valence-corrected chi connectivity index (χ1v) is 9.00. The fourth-order valence-electron chi connectivity index (χ4n) is 2.77.